The van der Waals surface area contributed by atoms with Crippen molar-refractivity contribution in [1.29, 1.82) is 0 Å². The molecule has 4 heteroatoms. The summed E-state index contributed by atoms with van der Waals surface area (Å²) in [7, 11) is 0. The molecule has 3 atom stereocenters. The zero-order chi connectivity index (χ0) is 15.6. The molecule has 2 bridgehead atoms. The molecule has 3 heterocycles. The van der Waals surface area contributed by atoms with E-state index in [1.807, 2.05) is 0 Å². The lowest BCUT2D eigenvalue weighted by Gasteiger charge is -2.51. The molecule has 0 saturated carbocycles. The van der Waals surface area contributed by atoms with Gasteiger partial charge in [0.15, 0.2) is 11.6 Å². The molecule has 1 saturated heterocycles. The summed E-state index contributed by atoms with van der Waals surface area (Å²) < 4.78 is 0. The molecule has 23 heavy (non-hydrogen) atoms. The van der Waals surface area contributed by atoms with E-state index in [1.165, 1.54) is 23.3 Å². The fourth-order valence-electron chi connectivity index (χ4n) is 4.64. The van der Waals surface area contributed by atoms with Gasteiger partial charge in [-0.2, -0.15) is 0 Å². The van der Waals surface area contributed by atoms with Gasteiger partial charge in [0.2, 0.25) is 0 Å². The van der Waals surface area contributed by atoms with E-state index in [1.54, 1.807) is 0 Å². The molecule has 1 fully saturated rings. The Morgan fingerprint density at radius 2 is 1.78 bits per heavy atom. The van der Waals surface area contributed by atoms with Crippen LogP contribution >= 0.6 is 0 Å². The molecule has 1 aromatic carbocycles. The third kappa shape index (κ3) is 1.92. The van der Waals surface area contributed by atoms with Gasteiger partial charge in [-0.15, -0.1) is 0 Å². The largest absolute Gasteiger partial charge is 0.304 e. The van der Waals surface area contributed by atoms with E-state index in [2.05, 4.69) is 34.5 Å². The van der Waals surface area contributed by atoms with Crippen LogP contribution in [0.5, 0.6) is 0 Å². The van der Waals surface area contributed by atoms with Crippen molar-refractivity contribution in [2.45, 2.75) is 31.0 Å². The number of carbonyl (C=O) groups excluding carboxylic acids is 2. The van der Waals surface area contributed by atoms with E-state index in [4.69, 9.17) is 0 Å². The zero-order valence-electron chi connectivity index (χ0n) is 12.8. The highest BCUT2D eigenvalue weighted by atomic mass is 16.1. The van der Waals surface area contributed by atoms with Crippen molar-refractivity contribution in [1.82, 2.24) is 10.2 Å². The summed E-state index contributed by atoms with van der Waals surface area (Å²) in [6.07, 6.45) is 4.57. The lowest BCUT2D eigenvalue weighted by atomic mass is 9.76. The van der Waals surface area contributed by atoms with Crippen LogP contribution in [0.15, 0.2) is 47.6 Å². The predicted octanol–water partition coefficient (Wildman–Crippen LogP) is 1.33. The summed E-state index contributed by atoms with van der Waals surface area (Å²) in [5, 5.41) is 3.75. The van der Waals surface area contributed by atoms with Gasteiger partial charge in [-0.1, -0.05) is 24.3 Å². The first-order valence-electron chi connectivity index (χ1n) is 8.27. The Morgan fingerprint density at radius 1 is 1.00 bits per heavy atom. The number of hydrogen-bond acceptors (Lipinski definition) is 4. The van der Waals surface area contributed by atoms with E-state index in [9.17, 15) is 9.59 Å². The minimum absolute atomic E-state index is 0.0159. The van der Waals surface area contributed by atoms with Crippen molar-refractivity contribution >= 4 is 11.6 Å². The van der Waals surface area contributed by atoms with Crippen LogP contribution in [0, 0.1) is 0 Å². The van der Waals surface area contributed by atoms with Gasteiger partial charge in [-0.25, -0.2) is 0 Å². The zero-order valence-corrected chi connectivity index (χ0v) is 12.8. The number of ketones is 2. The van der Waals surface area contributed by atoms with Crippen LogP contribution in [0.25, 0.3) is 0 Å². The molecule has 1 aliphatic carbocycles. The second-order valence-corrected chi connectivity index (χ2v) is 6.96. The van der Waals surface area contributed by atoms with Crippen molar-refractivity contribution in [3.8, 4) is 0 Å². The van der Waals surface area contributed by atoms with Crippen LogP contribution in [0.2, 0.25) is 0 Å². The highest BCUT2D eigenvalue weighted by molar-refractivity contribution is 6.20. The maximum atomic E-state index is 12.2. The molecule has 4 aliphatic rings. The normalized spacial score (nSPS) is 32.4. The summed E-state index contributed by atoms with van der Waals surface area (Å²) >= 11 is 0. The monoisotopic (exact) mass is 306 g/mol. The summed E-state index contributed by atoms with van der Waals surface area (Å²) in [5.74, 6) is 0.0348. The summed E-state index contributed by atoms with van der Waals surface area (Å²) in [6, 6.07) is 9.55. The molecule has 0 aromatic heterocycles. The van der Waals surface area contributed by atoms with E-state index in [-0.39, 0.29) is 23.7 Å². The molecule has 1 aromatic rings. The van der Waals surface area contributed by atoms with Crippen LogP contribution in [0.1, 0.15) is 23.6 Å². The van der Waals surface area contributed by atoms with Gasteiger partial charge < -0.3 is 5.32 Å². The Kier molecular flexibility index (Phi) is 2.75. The maximum Gasteiger partial charge on any atom is 0.183 e. The second-order valence-electron chi connectivity index (χ2n) is 6.96. The SMILES string of the molecule is O=C1C=CC(=O)C2=C1CC1C3NC(Cc4ccccc43)CN1C2. The number of fused-ring (bicyclic) bond motifs is 6. The highest BCUT2D eigenvalue weighted by Crippen LogP contribution is 2.40. The number of nitrogens with zero attached hydrogens (tertiary/aromatic N) is 1. The standard InChI is InChI=1S/C19H18N2O2/c22-17-5-6-18(23)15-10-21-9-12-7-11-3-1-2-4-13(11)19(20-12)16(21)8-14(15)17/h1-6,12,16,19-20H,7-10H2. The van der Waals surface area contributed by atoms with Crippen LogP contribution in [0.4, 0.5) is 0 Å². The Labute approximate surface area is 134 Å². The van der Waals surface area contributed by atoms with Crippen molar-refractivity contribution in [2.75, 3.05) is 13.1 Å². The molecular formula is C19H18N2O2. The van der Waals surface area contributed by atoms with Crippen LogP contribution < -0.4 is 5.32 Å². The average molecular weight is 306 g/mol. The quantitative estimate of drug-likeness (QED) is 0.735. The van der Waals surface area contributed by atoms with Gasteiger partial charge >= 0.3 is 0 Å². The third-order valence-corrected chi connectivity index (χ3v) is 5.70. The summed E-state index contributed by atoms with van der Waals surface area (Å²) in [6.45, 7) is 1.56. The first-order valence-corrected chi connectivity index (χ1v) is 8.27. The molecule has 116 valence electrons. The summed E-state index contributed by atoms with van der Waals surface area (Å²) in [5.41, 5.74) is 4.24. The fraction of sp³-hybridized carbons (Fsp3) is 0.368. The number of benzene rings is 1. The van der Waals surface area contributed by atoms with Crippen molar-refractivity contribution in [3.05, 3.63) is 58.7 Å². The average Bonchev–Trinajstić information content (AvgIpc) is 2.57. The number of allylic oxidation sites excluding steroid dienone is 2. The highest BCUT2D eigenvalue weighted by Gasteiger charge is 2.44. The Balaban J connectivity index is 1.57. The van der Waals surface area contributed by atoms with Crippen molar-refractivity contribution < 1.29 is 9.59 Å². The Bertz CT molecular complexity index is 792. The number of piperazine rings is 1. The Morgan fingerprint density at radius 3 is 2.65 bits per heavy atom. The first kappa shape index (κ1) is 13.4. The van der Waals surface area contributed by atoms with Gasteiger partial charge in [-0.3, -0.25) is 14.5 Å². The lowest BCUT2D eigenvalue weighted by Crippen LogP contribution is -2.62. The molecule has 3 unspecified atom stereocenters. The smallest absolute Gasteiger partial charge is 0.183 e. The van der Waals surface area contributed by atoms with Crippen molar-refractivity contribution in [2.24, 2.45) is 0 Å². The number of hydrogen-bond donors (Lipinski definition) is 1. The molecule has 0 amide bonds. The molecule has 4 nitrogen and oxygen atoms in total. The number of nitrogens with one attached hydrogen (secondary N) is 1. The number of rotatable bonds is 0. The Hall–Kier alpha value is -2.04. The molecule has 5 rings (SSSR count). The molecule has 0 radical (unpaired) electrons. The minimum atomic E-state index is 0.0159. The van der Waals surface area contributed by atoms with Crippen LogP contribution in [-0.4, -0.2) is 41.6 Å². The van der Waals surface area contributed by atoms with Gasteiger partial charge in [0.1, 0.15) is 0 Å². The first-order chi connectivity index (χ1) is 11.2. The topological polar surface area (TPSA) is 49.4 Å². The van der Waals surface area contributed by atoms with E-state index < -0.39 is 0 Å². The van der Waals surface area contributed by atoms with E-state index >= 15 is 0 Å². The van der Waals surface area contributed by atoms with Gasteiger partial charge in [-0.05, 0) is 36.1 Å². The fourth-order valence-corrected chi connectivity index (χ4v) is 4.64. The van der Waals surface area contributed by atoms with Gasteiger partial charge in [0, 0.05) is 42.4 Å². The lowest BCUT2D eigenvalue weighted by molar-refractivity contribution is -0.116. The molecule has 0 spiro atoms. The van der Waals surface area contributed by atoms with Gasteiger partial charge in [0.25, 0.3) is 0 Å². The van der Waals surface area contributed by atoms with Gasteiger partial charge in [0.05, 0.1) is 0 Å². The molecular weight excluding hydrogens is 288 g/mol. The van der Waals surface area contributed by atoms with Crippen LogP contribution in [0.3, 0.4) is 0 Å². The van der Waals surface area contributed by atoms with E-state index in [0.717, 1.165) is 24.1 Å². The van der Waals surface area contributed by atoms with Crippen molar-refractivity contribution in [3.63, 3.8) is 0 Å². The third-order valence-electron chi connectivity index (χ3n) is 5.70. The number of carbonyl (C=O) groups is 2. The minimum Gasteiger partial charge on any atom is -0.304 e. The molecule has 3 aliphatic heterocycles. The maximum absolute atomic E-state index is 12.2. The molecule has 1 N–H and O–H groups in total. The van der Waals surface area contributed by atoms with Crippen LogP contribution in [-0.2, 0) is 16.0 Å². The summed E-state index contributed by atoms with van der Waals surface area (Å²) in [4.78, 5) is 26.8. The predicted molar refractivity (Wildman–Crippen MR) is 86.0 cm³/mol. The second kappa shape index (κ2) is 4.73. The van der Waals surface area contributed by atoms with E-state index in [0.29, 0.717) is 19.0 Å².